The summed E-state index contributed by atoms with van der Waals surface area (Å²) in [5.74, 6) is -0.0832. The Bertz CT molecular complexity index is 819. The van der Waals surface area contributed by atoms with E-state index < -0.39 is 0 Å². The number of carbonyl (C=O) groups is 2. The molecule has 7 heteroatoms. The van der Waals surface area contributed by atoms with E-state index in [9.17, 15) is 9.59 Å². The van der Waals surface area contributed by atoms with Crippen LogP contribution in [0.3, 0.4) is 0 Å². The lowest BCUT2D eigenvalue weighted by Crippen LogP contribution is -2.22. The molecule has 142 valence electrons. The average Bonchev–Trinajstić information content (AvgIpc) is 2.66. The van der Waals surface area contributed by atoms with E-state index >= 15 is 0 Å². The van der Waals surface area contributed by atoms with Crippen molar-refractivity contribution in [2.45, 2.75) is 6.92 Å². The number of anilines is 2. The van der Waals surface area contributed by atoms with Crippen LogP contribution in [0.5, 0.6) is 5.75 Å². The number of hydrogen-bond donors (Lipinski definition) is 2. The number of methoxy groups -OCH3 is 1. The van der Waals surface area contributed by atoms with Crippen LogP contribution in [0.25, 0.3) is 6.08 Å². The Labute approximate surface area is 163 Å². The van der Waals surface area contributed by atoms with Gasteiger partial charge in [0.2, 0.25) is 5.91 Å². The summed E-state index contributed by atoms with van der Waals surface area (Å²) in [6.45, 7) is 2.17. The highest BCUT2D eigenvalue weighted by molar-refractivity contribution is 6.31. The van der Waals surface area contributed by atoms with E-state index in [2.05, 4.69) is 10.6 Å². The van der Waals surface area contributed by atoms with Crippen molar-refractivity contribution in [3.8, 4) is 5.75 Å². The zero-order valence-electron chi connectivity index (χ0n) is 15.1. The van der Waals surface area contributed by atoms with E-state index in [1.807, 2.05) is 24.3 Å². The number of rotatable bonds is 8. The van der Waals surface area contributed by atoms with E-state index in [1.165, 1.54) is 13.2 Å². The van der Waals surface area contributed by atoms with E-state index in [-0.39, 0.29) is 18.4 Å². The molecule has 0 unspecified atom stereocenters. The maximum absolute atomic E-state index is 12.1. The molecule has 0 fully saturated rings. The molecule has 1 amide bonds. The first kappa shape index (κ1) is 20.3. The summed E-state index contributed by atoms with van der Waals surface area (Å²) in [5.41, 5.74) is 2.13. The van der Waals surface area contributed by atoms with Crippen LogP contribution < -0.4 is 15.4 Å². The summed E-state index contributed by atoms with van der Waals surface area (Å²) in [7, 11) is 1.52. The Hall–Kier alpha value is -2.99. The third-order valence-corrected chi connectivity index (χ3v) is 3.73. The van der Waals surface area contributed by atoms with Crippen molar-refractivity contribution >= 4 is 40.9 Å². The second kappa shape index (κ2) is 10.2. The molecule has 0 aromatic heterocycles. The Morgan fingerprint density at radius 2 is 1.89 bits per heavy atom. The van der Waals surface area contributed by atoms with Gasteiger partial charge in [-0.3, -0.25) is 4.79 Å². The number of hydrogen-bond acceptors (Lipinski definition) is 5. The lowest BCUT2D eigenvalue weighted by atomic mass is 10.2. The largest absolute Gasteiger partial charge is 0.495 e. The molecule has 0 aliphatic carbocycles. The summed E-state index contributed by atoms with van der Waals surface area (Å²) in [6, 6.07) is 12.3. The van der Waals surface area contributed by atoms with Gasteiger partial charge in [-0.25, -0.2) is 4.79 Å². The number of nitrogens with one attached hydrogen (secondary N) is 2. The number of ether oxygens (including phenoxy) is 2. The maximum Gasteiger partial charge on any atom is 0.330 e. The van der Waals surface area contributed by atoms with Gasteiger partial charge in [-0.1, -0.05) is 23.7 Å². The van der Waals surface area contributed by atoms with Crippen molar-refractivity contribution in [3.05, 3.63) is 59.1 Å². The van der Waals surface area contributed by atoms with Crippen LogP contribution in [0, 0.1) is 0 Å². The van der Waals surface area contributed by atoms with Crippen molar-refractivity contribution in [2.24, 2.45) is 0 Å². The molecule has 0 aliphatic heterocycles. The molecule has 0 radical (unpaired) electrons. The minimum Gasteiger partial charge on any atom is -0.495 e. The first-order valence-electron chi connectivity index (χ1n) is 8.34. The summed E-state index contributed by atoms with van der Waals surface area (Å²) in [6.07, 6.45) is 3.04. The molecule has 0 heterocycles. The van der Waals surface area contributed by atoms with Gasteiger partial charge in [-0.05, 0) is 48.9 Å². The van der Waals surface area contributed by atoms with Crippen LogP contribution in [-0.4, -0.2) is 32.1 Å². The molecule has 0 spiro atoms. The van der Waals surface area contributed by atoms with Gasteiger partial charge >= 0.3 is 5.97 Å². The standard InChI is InChI=1S/C20H21ClN2O4/c1-3-27-20(25)11-6-14-4-8-16(9-5-14)22-13-19(24)23-17-12-15(21)7-10-18(17)26-2/h4-12,22H,3,13H2,1-2H3,(H,23,24)/b11-6+. The van der Waals surface area contributed by atoms with Crippen LogP contribution in [-0.2, 0) is 14.3 Å². The smallest absolute Gasteiger partial charge is 0.330 e. The van der Waals surface area contributed by atoms with Crippen LogP contribution >= 0.6 is 11.6 Å². The Kier molecular flexibility index (Phi) is 7.70. The average molecular weight is 389 g/mol. The number of amides is 1. The lowest BCUT2D eigenvalue weighted by molar-refractivity contribution is -0.137. The zero-order valence-corrected chi connectivity index (χ0v) is 15.9. The fourth-order valence-corrected chi connectivity index (χ4v) is 2.39. The third kappa shape index (κ3) is 6.67. The van der Waals surface area contributed by atoms with Gasteiger partial charge in [0.1, 0.15) is 5.75 Å². The molecule has 2 aromatic carbocycles. The fraction of sp³-hybridized carbons (Fsp3) is 0.200. The quantitative estimate of drug-likeness (QED) is 0.528. The zero-order chi connectivity index (χ0) is 19.6. The lowest BCUT2D eigenvalue weighted by Gasteiger charge is -2.11. The van der Waals surface area contributed by atoms with E-state index in [0.717, 1.165) is 11.3 Å². The third-order valence-electron chi connectivity index (χ3n) is 3.50. The second-order valence-corrected chi connectivity index (χ2v) is 5.89. The number of esters is 1. The fourth-order valence-electron chi connectivity index (χ4n) is 2.22. The van der Waals surface area contributed by atoms with Crippen molar-refractivity contribution in [1.29, 1.82) is 0 Å². The molecule has 2 aromatic rings. The monoisotopic (exact) mass is 388 g/mol. The van der Waals surface area contributed by atoms with Gasteiger partial charge in [-0.15, -0.1) is 0 Å². The number of carbonyl (C=O) groups excluding carboxylic acids is 2. The molecule has 2 rings (SSSR count). The highest BCUT2D eigenvalue weighted by Gasteiger charge is 2.08. The predicted molar refractivity (Wildman–Crippen MR) is 107 cm³/mol. The van der Waals surface area contributed by atoms with Crippen LogP contribution in [0.1, 0.15) is 12.5 Å². The highest BCUT2D eigenvalue weighted by Crippen LogP contribution is 2.27. The van der Waals surface area contributed by atoms with E-state index in [0.29, 0.717) is 23.1 Å². The minimum atomic E-state index is -0.382. The van der Waals surface area contributed by atoms with Crippen LogP contribution in [0.15, 0.2) is 48.5 Å². The maximum atomic E-state index is 12.1. The van der Waals surface area contributed by atoms with Crippen LogP contribution in [0.4, 0.5) is 11.4 Å². The van der Waals surface area contributed by atoms with Gasteiger partial charge < -0.3 is 20.1 Å². The summed E-state index contributed by atoms with van der Waals surface area (Å²) < 4.78 is 10.0. The summed E-state index contributed by atoms with van der Waals surface area (Å²) in [4.78, 5) is 23.4. The van der Waals surface area contributed by atoms with Gasteiger partial charge in [0, 0.05) is 16.8 Å². The topological polar surface area (TPSA) is 76.7 Å². The van der Waals surface area contributed by atoms with E-state index in [4.69, 9.17) is 21.1 Å². The van der Waals surface area contributed by atoms with Crippen molar-refractivity contribution in [3.63, 3.8) is 0 Å². The molecule has 2 N–H and O–H groups in total. The molecular weight excluding hydrogens is 368 g/mol. The first-order valence-corrected chi connectivity index (χ1v) is 8.71. The Balaban J connectivity index is 1.88. The minimum absolute atomic E-state index is 0.0771. The molecule has 27 heavy (non-hydrogen) atoms. The molecule has 0 aliphatic rings. The summed E-state index contributed by atoms with van der Waals surface area (Å²) in [5, 5.41) is 6.29. The SMILES string of the molecule is CCOC(=O)/C=C/c1ccc(NCC(=O)Nc2cc(Cl)ccc2OC)cc1. The van der Waals surface area contributed by atoms with Gasteiger partial charge in [0.25, 0.3) is 0 Å². The molecule has 0 saturated carbocycles. The molecule has 6 nitrogen and oxygen atoms in total. The normalized spacial score (nSPS) is 10.5. The number of halogens is 1. The Morgan fingerprint density at radius 3 is 2.56 bits per heavy atom. The predicted octanol–water partition coefficient (Wildman–Crippen LogP) is 3.98. The van der Waals surface area contributed by atoms with Crippen LogP contribution in [0.2, 0.25) is 5.02 Å². The second-order valence-electron chi connectivity index (χ2n) is 5.45. The van der Waals surface area contributed by atoms with Gasteiger partial charge in [-0.2, -0.15) is 0 Å². The molecule has 0 atom stereocenters. The summed E-state index contributed by atoms with van der Waals surface area (Å²) >= 11 is 5.95. The molecule has 0 bridgehead atoms. The Morgan fingerprint density at radius 1 is 1.15 bits per heavy atom. The van der Waals surface area contributed by atoms with E-state index in [1.54, 1.807) is 31.2 Å². The highest BCUT2D eigenvalue weighted by atomic mass is 35.5. The van der Waals surface area contributed by atoms with Crippen molar-refractivity contribution in [2.75, 3.05) is 30.9 Å². The van der Waals surface area contributed by atoms with Gasteiger partial charge in [0.05, 0.1) is 25.9 Å². The molecule has 0 saturated heterocycles. The van der Waals surface area contributed by atoms with Crippen molar-refractivity contribution in [1.82, 2.24) is 0 Å². The number of benzene rings is 2. The first-order chi connectivity index (χ1) is 13.0. The van der Waals surface area contributed by atoms with Gasteiger partial charge in [0.15, 0.2) is 0 Å². The molecular formula is C20H21ClN2O4. The van der Waals surface area contributed by atoms with Crippen molar-refractivity contribution < 1.29 is 19.1 Å².